The molecule has 1 heterocycles. The lowest BCUT2D eigenvalue weighted by Crippen LogP contribution is -2.03. The molecule has 1 aromatic carbocycles. The Bertz CT molecular complexity index is 481. The maximum absolute atomic E-state index is 11.3. The van der Waals surface area contributed by atoms with E-state index in [4.69, 9.17) is 5.73 Å². The third-order valence-corrected chi connectivity index (χ3v) is 5.11. The predicted octanol–water partition coefficient (Wildman–Crippen LogP) is 3.05. The van der Waals surface area contributed by atoms with E-state index < -0.39 is 0 Å². The highest BCUT2D eigenvalue weighted by Gasteiger charge is 2.20. The summed E-state index contributed by atoms with van der Waals surface area (Å²) in [7, 11) is 0. The van der Waals surface area contributed by atoms with Crippen LogP contribution in [0.4, 0.5) is 11.4 Å². The van der Waals surface area contributed by atoms with Crippen LogP contribution in [0.3, 0.4) is 0 Å². The Hall–Kier alpha value is -1.16. The van der Waals surface area contributed by atoms with Gasteiger partial charge >= 0.3 is 0 Å². The van der Waals surface area contributed by atoms with Crippen LogP contribution < -0.4 is 11.1 Å². The number of anilines is 2. The van der Waals surface area contributed by atoms with Gasteiger partial charge in [-0.2, -0.15) is 0 Å². The van der Waals surface area contributed by atoms with E-state index in [2.05, 4.69) is 5.32 Å². The lowest BCUT2D eigenvalue weighted by Gasteiger charge is -2.11. The molecule has 1 amide bonds. The summed E-state index contributed by atoms with van der Waals surface area (Å²) in [5, 5.41) is 2.89. The lowest BCUT2D eigenvalue weighted by molar-refractivity contribution is -0.115. The smallest absolute Gasteiger partial charge is 0.228 e. The Labute approximate surface area is 112 Å². The van der Waals surface area contributed by atoms with Gasteiger partial charge in [0.05, 0.1) is 6.42 Å². The minimum absolute atomic E-state index is 0.0716. The quantitative estimate of drug-likeness (QED) is 0.650. The van der Waals surface area contributed by atoms with E-state index in [1.54, 1.807) is 0 Å². The molecule has 96 valence electrons. The zero-order chi connectivity index (χ0) is 12.5. The van der Waals surface area contributed by atoms with Crippen LogP contribution in [0.2, 0.25) is 0 Å². The standard InChI is InChI=1S/C14H18N2OS/c15-11-5-10-6-14(17)16-12(10)7-13(11)18-8-9-3-1-2-4-9/h5,7,9H,1-4,6,8,15H2,(H,16,17). The Morgan fingerprint density at radius 1 is 1.33 bits per heavy atom. The summed E-state index contributed by atoms with van der Waals surface area (Å²) in [6.45, 7) is 0. The molecule has 4 heteroatoms. The molecule has 3 N–H and O–H groups in total. The van der Waals surface area contributed by atoms with Crippen molar-refractivity contribution in [3.8, 4) is 0 Å². The third-order valence-electron chi connectivity index (χ3n) is 3.81. The van der Waals surface area contributed by atoms with Crippen LogP contribution in [-0.2, 0) is 11.2 Å². The molecule has 1 saturated carbocycles. The second kappa shape index (κ2) is 4.84. The fourth-order valence-corrected chi connectivity index (χ4v) is 3.96. The normalized spacial score (nSPS) is 19.0. The van der Waals surface area contributed by atoms with Gasteiger partial charge in [0.15, 0.2) is 0 Å². The highest BCUT2D eigenvalue weighted by molar-refractivity contribution is 7.99. The van der Waals surface area contributed by atoms with Crippen LogP contribution in [0.15, 0.2) is 17.0 Å². The molecule has 1 aliphatic heterocycles. The number of nitrogen functional groups attached to an aromatic ring is 1. The maximum atomic E-state index is 11.3. The van der Waals surface area contributed by atoms with E-state index in [0.717, 1.165) is 33.5 Å². The number of hydrogen-bond donors (Lipinski definition) is 2. The van der Waals surface area contributed by atoms with E-state index in [-0.39, 0.29) is 5.91 Å². The van der Waals surface area contributed by atoms with Crippen LogP contribution in [0.5, 0.6) is 0 Å². The monoisotopic (exact) mass is 262 g/mol. The number of carbonyl (C=O) groups excluding carboxylic acids is 1. The van der Waals surface area contributed by atoms with E-state index >= 15 is 0 Å². The van der Waals surface area contributed by atoms with Crippen molar-refractivity contribution in [3.05, 3.63) is 17.7 Å². The lowest BCUT2D eigenvalue weighted by atomic mass is 10.1. The van der Waals surface area contributed by atoms with Crippen molar-refractivity contribution in [2.45, 2.75) is 37.0 Å². The zero-order valence-corrected chi connectivity index (χ0v) is 11.2. The number of thioether (sulfide) groups is 1. The van der Waals surface area contributed by atoms with Gasteiger partial charge in [0.1, 0.15) is 0 Å². The van der Waals surface area contributed by atoms with Crippen molar-refractivity contribution < 1.29 is 4.79 Å². The SMILES string of the molecule is Nc1cc2c(cc1SCC1CCCC1)NC(=O)C2. The summed E-state index contributed by atoms with van der Waals surface area (Å²) in [6.07, 6.45) is 5.93. The molecule has 18 heavy (non-hydrogen) atoms. The predicted molar refractivity (Wildman–Crippen MR) is 75.9 cm³/mol. The summed E-state index contributed by atoms with van der Waals surface area (Å²) >= 11 is 1.84. The molecule has 0 aromatic heterocycles. The van der Waals surface area contributed by atoms with Crippen LogP contribution in [0.1, 0.15) is 31.2 Å². The van der Waals surface area contributed by atoms with Gasteiger partial charge < -0.3 is 11.1 Å². The van der Waals surface area contributed by atoms with Gasteiger partial charge in [0.2, 0.25) is 5.91 Å². The molecule has 0 radical (unpaired) electrons. The molecule has 0 spiro atoms. The maximum Gasteiger partial charge on any atom is 0.228 e. The molecule has 1 aromatic rings. The van der Waals surface area contributed by atoms with Gasteiger partial charge in [-0.15, -0.1) is 11.8 Å². The number of hydrogen-bond acceptors (Lipinski definition) is 3. The molecular formula is C14H18N2OS. The number of fused-ring (bicyclic) bond motifs is 1. The van der Waals surface area contributed by atoms with Crippen molar-refractivity contribution in [1.29, 1.82) is 0 Å². The van der Waals surface area contributed by atoms with Crippen molar-refractivity contribution >= 4 is 29.0 Å². The zero-order valence-electron chi connectivity index (χ0n) is 10.4. The van der Waals surface area contributed by atoms with Crippen LogP contribution in [0.25, 0.3) is 0 Å². The largest absolute Gasteiger partial charge is 0.398 e. The fraction of sp³-hybridized carbons (Fsp3) is 0.500. The molecule has 0 atom stereocenters. The third kappa shape index (κ3) is 2.34. The molecule has 1 aliphatic carbocycles. The Morgan fingerprint density at radius 3 is 2.89 bits per heavy atom. The Balaban J connectivity index is 1.72. The van der Waals surface area contributed by atoms with E-state index in [0.29, 0.717) is 6.42 Å². The minimum Gasteiger partial charge on any atom is -0.398 e. The van der Waals surface area contributed by atoms with E-state index in [9.17, 15) is 4.79 Å². The number of amides is 1. The van der Waals surface area contributed by atoms with Gasteiger partial charge in [-0.1, -0.05) is 12.8 Å². The second-order valence-electron chi connectivity index (χ2n) is 5.23. The number of carbonyl (C=O) groups is 1. The first-order valence-corrected chi connectivity index (χ1v) is 7.56. The summed E-state index contributed by atoms with van der Waals surface area (Å²) in [4.78, 5) is 12.4. The topological polar surface area (TPSA) is 55.1 Å². The number of rotatable bonds is 3. The van der Waals surface area contributed by atoms with Crippen LogP contribution in [-0.4, -0.2) is 11.7 Å². The van der Waals surface area contributed by atoms with Gasteiger partial charge in [-0.25, -0.2) is 0 Å². The van der Waals surface area contributed by atoms with E-state index in [1.165, 1.54) is 25.7 Å². The molecule has 3 rings (SSSR count). The van der Waals surface area contributed by atoms with Gasteiger partial charge in [-0.3, -0.25) is 4.79 Å². The molecule has 2 aliphatic rings. The van der Waals surface area contributed by atoms with Gasteiger partial charge in [0.25, 0.3) is 0 Å². The summed E-state index contributed by atoms with van der Waals surface area (Å²) in [5.41, 5.74) is 8.85. The fourth-order valence-electron chi connectivity index (χ4n) is 2.78. The molecule has 1 fully saturated rings. The average molecular weight is 262 g/mol. The summed E-state index contributed by atoms with van der Waals surface area (Å²) in [5.74, 6) is 2.07. The first kappa shape index (κ1) is 11.9. The van der Waals surface area contributed by atoms with Crippen molar-refractivity contribution in [1.82, 2.24) is 0 Å². The molecule has 0 unspecified atom stereocenters. The first-order chi connectivity index (χ1) is 8.72. The molecular weight excluding hydrogens is 244 g/mol. The average Bonchev–Trinajstić information content (AvgIpc) is 2.94. The van der Waals surface area contributed by atoms with E-state index in [1.807, 2.05) is 23.9 Å². The number of nitrogens with two attached hydrogens (primary N) is 1. The number of nitrogens with one attached hydrogen (secondary N) is 1. The number of benzene rings is 1. The van der Waals surface area contributed by atoms with Crippen molar-refractivity contribution in [2.75, 3.05) is 16.8 Å². The van der Waals surface area contributed by atoms with Gasteiger partial charge in [0, 0.05) is 22.0 Å². The molecule has 3 nitrogen and oxygen atoms in total. The van der Waals surface area contributed by atoms with Crippen molar-refractivity contribution in [2.24, 2.45) is 5.92 Å². The Morgan fingerprint density at radius 2 is 2.11 bits per heavy atom. The van der Waals surface area contributed by atoms with Crippen LogP contribution >= 0.6 is 11.8 Å². The summed E-state index contributed by atoms with van der Waals surface area (Å²) in [6, 6.07) is 3.99. The first-order valence-electron chi connectivity index (χ1n) is 6.57. The highest BCUT2D eigenvalue weighted by atomic mass is 32.2. The minimum atomic E-state index is 0.0716. The van der Waals surface area contributed by atoms with Crippen LogP contribution in [0, 0.1) is 5.92 Å². The Kier molecular flexibility index (Phi) is 3.20. The van der Waals surface area contributed by atoms with Crippen molar-refractivity contribution in [3.63, 3.8) is 0 Å². The summed E-state index contributed by atoms with van der Waals surface area (Å²) < 4.78 is 0. The second-order valence-corrected chi connectivity index (χ2v) is 6.30. The van der Waals surface area contributed by atoms with Gasteiger partial charge in [-0.05, 0) is 36.5 Å². The highest BCUT2D eigenvalue weighted by Crippen LogP contribution is 2.37. The molecule has 0 bridgehead atoms. The molecule has 0 saturated heterocycles.